The van der Waals surface area contributed by atoms with Gasteiger partial charge in [-0.2, -0.15) is 0 Å². The van der Waals surface area contributed by atoms with Gasteiger partial charge >= 0.3 is 6.09 Å². The third-order valence-electron chi connectivity index (χ3n) is 10.9. The van der Waals surface area contributed by atoms with Crippen molar-refractivity contribution < 1.29 is 28.2 Å². The van der Waals surface area contributed by atoms with Crippen LogP contribution in [0, 0.1) is 0 Å². The molecule has 8 nitrogen and oxygen atoms in total. The van der Waals surface area contributed by atoms with Gasteiger partial charge in [0.05, 0.1) is 37.6 Å². The molecule has 0 saturated carbocycles. The first-order chi connectivity index (χ1) is 25.1. The molecule has 0 aromatic heterocycles. The Morgan fingerprint density at radius 1 is 0.885 bits per heavy atom. The summed E-state index contributed by atoms with van der Waals surface area (Å²) in [5, 5.41) is 0. The number of fused-ring (bicyclic) bond motifs is 1. The largest absolute Gasteiger partial charge is 0.490 e. The van der Waals surface area contributed by atoms with E-state index in [2.05, 4.69) is 95.2 Å². The maximum Gasteiger partial charge on any atom is 0.410 e. The highest BCUT2D eigenvalue weighted by Crippen LogP contribution is 2.46. The van der Waals surface area contributed by atoms with Crippen LogP contribution in [-0.2, 0) is 31.9 Å². The zero-order chi connectivity index (χ0) is 37.3. The van der Waals surface area contributed by atoms with Crippen LogP contribution >= 0.6 is 11.8 Å². The molecule has 0 radical (unpaired) electrons. The maximum absolute atomic E-state index is 13.9. The number of hydrogen-bond donors (Lipinski definition) is 0. The Hall–Kier alpha value is -3.02. The lowest BCUT2D eigenvalue weighted by Crippen LogP contribution is -2.59. The van der Waals surface area contributed by atoms with Crippen LogP contribution in [0.3, 0.4) is 0 Å². The van der Waals surface area contributed by atoms with Gasteiger partial charge < -0.3 is 33.2 Å². The van der Waals surface area contributed by atoms with Gasteiger partial charge in [0, 0.05) is 37.6 Å². The van der Waals surface area contributed by atoms with Crippen LogP contribution in [0.5, 0.6) is 5.75 Å². The van der Waals surface area contributed by atoms with Crippen LogP contribution in [0.2, 0.25) is 16.6 Å². The van der Waals surface area contributed by atoms with E-state index in [4.69, 9.17) is 23.4 Å². The molecule has 2 heterocycles. The van der Waals surface area contributed by atoms with E-state index in [-0.39, 0.29) is 30.8 Å². The first-order valence-corrected chi connectivity index (χ1v) is 22.3. The Morgan fingerprint density at radius 3 is 2.23 bits per heavy atom. The number of carbonyl (C=O) groups excluding carboxylic acids is 1. The van der Waals surface area contributed by atoms with Crippen molar-refractivity contribution in [2.75, 3.05) is 57.7 Å². The van der Waals surface area contributed by atoms with Crippen LogP contribution in [0.1, 0.15) is 70.6 Å². The quantitative estimate of drug-likeness (QED) is 0.0816. The Kier molecular flexibility index (Phi) is 14.5. The average Bonchev–Trinajstić information content (AvgIpc) is 3.15. The number of benzene rings is 3. The van der Waals surface area contributed by atoms with E-state index in [0.717, 1.165) is 48.7 Å². The molecule has 3 atom stereocenters. The summed E-state index contributed by atoms with van der Waals surface area (Å²) in [6.45, 7) is 18.5. The molecule has 0 aliphatic carbocycles. The summed E-state index contributed by atoms with van der Waals surface area (Å²) >= 11 is 1.73. The number of nitrogens with zero attached hydrogens (tertiary/aromatic N) is 2. The molecule has 2 aliphatic heterocycles. The molecular formula is C42H60N2O6SSi. The van der Waals surface area contributed by atoms with Crippen molar-refractivity contribution in [1.82, 2.24) is 4.90 Å². The van der Waals surface area contributed by atoms with Gasteiger partial charge in [-0.15, -0.1) is 11.8 Å². The standard InChI is InChI=1S/C42H60N2O6SSi/c1-30(2)52(31(3)4,32(5)6)50-40-27-44(42(45)49-28-33-13-10-9-11-14-33)26-39(41(40)35-16-18-36(51-8)19-17-35)48-29-34-15-20-38-37(25-34)43(22-24-47-38)21-12-23-46-7/h9-11,13-20,25,30-32,39-41H,12,21-24,26-29H2,1-8H3/t39-,40+,41+/m0/s1. The van der Waals surface area contributed by atoms with Crippen molar-refractivity contribution in [3.05, 3.63) is 89.5 Å². The van der Waals surface area contributed by atoms with Crippen molar-refractivity contribution in [3.63, 3.8) is 0 Å². The topological polar surface area (TPSA) is 69.7 Å². The molecule has 10 heteroatoms. The molecule has 52 heavy (non-hydrogen) atoms. The number of methoxy groups -OCH3 is 1. The smallest absolute Gasteiger partial charge is 0.410 e. The highest BCUT2D eigenvalue weighted by Gasteiger charge is 2.51. The molecule has 284 valence electrons. The van der Waals surface area contributed by atoms with Gasteiger partial charge in [0.1, 0.15) is 19.0 Å². The van der Waals surface area contributed by atoms with Crippen molar-refractivity contribution >= 4 is 31.9 Å². The molecule has 0 spiro atoms. The number of rotatable bonds is 16. The molecule has 5 rings (SSSR count). The van der Waals surface area contributed by atoms with Gasteiger partial charge in [0.15, 0.2) is 0 Å². The summed E-state index contributed by atoms with van der Waals surface area (Å²) in [4.78, 5) is 19.3. The molecular weight excluding hydrogens is 689 g/mol. The second-order valence-corrected chi connectivity index (χ2v) is 21.3. The Balaban J connectivity index is 1.49. The molecule has 1 amide bonds. The first kappa shape index (κ1) is 40.2. The molecule has 1 fully saturated rings. The minimum atomic E-state index is -2.36. The number of piperidine rings is 1. The van der Waals surface area contributed by atoms with E-state index >= 15 is 0 Å². The van der Waals surface area contributed by atoms with Gasteiger partial charge in [0.25, 0.3) is 0 Å². The highest BCUT2D eigenvalue weighted by atomic mass is 32.2. The summed E-state index contributed by atoms with van der Waals surface area (Å²) in [7, 11) is -0.620. The van der Waals surface area contributed by atoms with Gasteiger partial charge in [-0.1, -0.05) is 90.1 Å². The zero-order valence-electron chi connectivity index (χ0n) is 32.5. The monoisotopic (exact) mass is 748 g/mol. The molecule has 0 N–H and O–H groups in total. The van der Waals surface area contributed by atoms with E-state index in [1.165, 1.54) is 10.5 Å². The van der Waals surface area contributed by atoms with Crippen LogP contribution < -0.4 is 9.64 Å². The molecule has 1 saturated heterocycles. The summed E-state index contributed by atoms with van der Waals surface area (Å²) in [5.41, 5.74) is 5.44. The van der Waals surface area contributed by atoms with Gasteiger partial charge in [-0.05, 0) is 70.3 Å². The van der Waals surface area contributed by atoms with Crippen LogP contribution in [0.25, 0.3) is 0 Å². The summed E-state index contributed by atoms with van der Waals surface area (Å²) in [6.07, 6.45) is 2.11. The Labute approximate surface area is 317 Å². The normalized spacial score (nSPS) is 19.2. The number of hydrogen-bond acceptors (Lipinski definition) is 8. The third-order valence-corrected chi connectivity index (χ3v) is 17.7. The fourth-order valence-electron chi connectivity index (χ4n) is 8.37. The lowest BCUT2D eigenvalue weighted by molar-refractivity contribution is -0.0663. The van der Waals surface area contributed by atoms with Crippen molar-refractivity contribution in [2.45, 2.75) is 101 Å². The summed E-state index contributed by atoms with van der Waals surface area (Å²) in [5.74, 6) is 0.818. The van der Waals surface area contributed by atoms with Crippen LogP contribution in [-0.4, -0.2) is 84.3 Å². The van der Waals surface area contributed by atoms with E-state index < -0.39 is 8.32 Å². The number of thioether (sulfide) groups is 1. The molecule has 0 unspecified atom stereocenters. The predicted molar refractivity (Wildman–Crippen MR) is 214 cm³/mol. The van der Waals surface area contributed by atoms with Crippen LogP contribution in [0.15, 0.2) is 77.7 Å². The van der Waals surface area contributed by atoms with E-state index in [0.29, 0.717) is 42.9 Å². The van der Waals surface area contributed by atoms with E-state index in [9.17, 15) is 4.79 Å². The van der Waals surface area contributed by atoms with E-state index in [1.54, 1.807) is 18.9 Å². The number of carbonyl (C=O) groups is 1. The summed E-state index contributed by atoms with van der Waals surface area (Å²) in [6, 6.07) is 25.0. The van der Waals surface area contributed by atoms with Gasteiger partial charge in [-0.25, -0.2) is 4.79 Å². The fraction of sp³-hybridized carbons (Fsp3) is 0.548. The number of anilines is 1. The fourth-order valence-corrected chi connectivity index (χ4v) is 14.3. The van der Waals surface area contributed by atoms with Crippen molar-refractivity contribution in [1.29, 1.82) is 0 Å². The number of ether oxygens (including phenoxy) is 4. The SMILES string of the molecule is COCCCN1CCOc2ccc(CO[C@H]3CN(C(=O)OCc4ccccc4)C[C@@H](O[Si](C(C)C)(C(C)C)C(C)C)[C@@H]3c3ccc(SC)cc3)cc21. The zero-order valence-corrected chi connectivity index (χ0v) is 34.3. The van der Waals surface area contributed by atoms with E-state index in [1.807, 2.05) is 35.2 Å². The maximum atomic E-state index is 13.9. The minimum absolute atomic E-state index is 0.0799. The van der Waals surface area contributed by atoms with Crippen molar-refractivity contribution in [2.24, 2.45) is 0 Å². The number of amides is 1. The average molecular weight is 749 g/mol. The third kappa shape index (κ3) is 9.55. The lowest BCUT2D eigenvalue weighted by Gasteiger charge is -2.50. The van der Waals surface area contributed by atoms with Gasteiger partial charge in [0.2, 0.25) is 8.32 Å². The summed E-state index contributed by atoms with van der Waals surface area (Å²) < 4.78 is 31.9. The lowest BCUT2D eigenvalue weighted by atomic mass is 9.84. The number of likely N-dealkylation sites (tertiary alicyclic amines) is 1. The predicted octanol–water partition coefficient (Wildman–Crippen LogP) is 9.53. The second kappa shape index (κ2) is 18.8. The van der Waals surface area contributed by atoms with Crippen LogP contribution in [0.4, 0.5) is 10.5 Å². The minimum Gasteiger partial charge on any atom is -0.490 e. The Bertz CT molecular complexity index is 1530. The molecule has 3 aromatic rings. The highest BCUT2D eigenvalue weighted by molar-refractivity contribution is 7.98. The Morgan fingerprint density at radius 2 is 1.58 bits per heavy atom. The molecule has 0 bridgehead atoms. The molecule has 2 aliphatic rings. The van der Waals surface area contributed by atoms with Gasteiger partial charge in [-0.3, -0.25) is 0 Å². The first-order valence-electron chi connectivity index (χ1n) is 19.0. The molecule has 3 aromatic carbocycles. The van der Waals surface area contributed by atoms with Crippen molar-refractivity contribution in [3.8, 4) is 5.75 Å². The second-order valence-electron chi connectivity index (χ2n) is 15.1.